The first kappa shape index (κ1) is 16.7. The largest absolute Gasteiger partial charge is 0.464 e. The second-order valence-corrected chi connectivity index (χ2v) is 6.34. The van der Waals surface area contributed by atoms with E-state index in [1.165, 1.54) is 17.6 Å². The minimum atomic E-state index is -0.523. The maximum absolute atomic E-state index is 12.0. The van der Waals surface area contributed by atoms with Gasteiger partial charge in [-0.05, 0) is 30.0 Å². The highest BCUT2D eigenvalue weighted by molar-refractivity contribution is 7.14. The van der Waals surface area contributed by atoms with E-state index in [-0.39, 0.29) is 6.42 Å². The molecule has 0 saturated carbocycles. The van der Waals surface area contributed by atoms with E-state index in [2.05, 4.69) is 5.32 Å². The Balaban J connectivity index is 1.55. The van der Waals surface area contributed by atoms with Gasteiger partial charge >= 0.3 is 5.97 Å². The summed E-state index contributed by atoms with van der Waals surface area (Å²) < 4.78 is 10.4. The molecule has 0 fully saturated rings. The molecule has 0 radical (unpaired) electrons. The Bertz CT molecular complexity index is 981. The molecule has 0 aliphatic heterocycles. The van der Waals surface area contributed by atoms with Crippen molar-refractivity contribution in [3.63, 3.8) is 0 Å². The van der Waals surface area contributed by atoms with Crippen molar-refractivity contribution in [2.45, 2.75) is 13.3 Å². The van der Waals surface area contributed by atoms with Gasteiger partial charge in [0.25, 0.3) is 5.91 Å². The Morgan fingerprint density at radius 2 is 2.20 bits per heavy atom. The molecule has 25 heavy (non-hydrogen) atoms. The monoisotopic (exact) mass is 354 g/mol. The lowest BCUT2D eigenvalue weighted by Gasteiger charge is -2.05. The number of nitrogens with zero attached hydrogens (tertiary/aromatic N) is 1. The second-order valence-electron chi connectivity index (χ2n) is 5.42. The summed E-state index contributed by atoms with van der Waals surface area (Å²) in [6, 6.07) is 9.31. The number of thiophene rings is 1. The lowest BCUT2D eigenvalue weighted by molar-refractivity contribution is -0.146. The van der Waals surface area contributed by atoms with Crippen molar-refractivity contribution in [1.29, 1.82) is 5.26 Å². The van der Waals surface area contributed by atoms with Crippen LogP contribution < -0.4 is 5.32 Å². The number of carbonyl (C=O) groups is 2. The van der Waals surface area contributed by atoms with Crippen molar-refractivity contribution in [3.8, 4) is 6.07 Å². The van der Waals surface area contributed by atoms with Crippen LogP contribution in [-0.4, -0.2) is 18.5 Å². The number of anilines is 1. The van der Waals surface area contributed by atoms with Crippen LogP contribution in [0.25, 0.3) is 11.0 Å². The number of benzene rings is 1. The molecule has 0 saturated heterocycles. The van der Waals surface area contributed by atoms with Gasteiger partial charge in [0.05, 0.1) is 18.2 Å². The second kappa shape index (κ2) is 7.20. The zero-order chi connectivity index (χ0) is 17.8. The van der Waals surface area contributed by atoms with E-state index < -0.39 is 18.5 Å². The number of fused-ring (bicyclic) bond motifs is 1. The number of carbonyl (C=O) groups excluding carboxylic acids is 2. The number of aryl methyl sites for hydroxylation is 1. The standard InChI is InChI=1S/C18H14N2O4S/c1-11-2-3-14-13(9-23-15(14)6-11)7-17(22)24-10-16(21)20-18-12(8-19)4-5-25-18/h2-6,9H,7,10H2,1H3,(H,20,21). The summed E-state index contributed by atoms with van der Waals surface area (Å²) in [7, 11) is 0. The quantitative estimate of drug-likeness (QED) is 0.709. The number of nitrogens with one attached hydrogen (secondary N) is 1. The molecule has 7 heteroatoms. The number of ether oxygens (including phenoxy) is 1. The van der Waals surface area contributed by atoms with E-state index >= 15 is 0 Å². The van der Waals surface area contributed by atoms with E-state index in [0.29, 0.717) is 21.7 Å². The Hall–Kier alpha value is -3.11. The lowest BCUT2D eigenvalue weighted by atomic mass is 10.1. The van der Waals surface area contributed by atoms with Crippen LogP contribution in [-0.2, 0) is 20.7 Å². The Morgan fingerprint density at radius 1 is 1.36 bits per heavy atom. The molecule has 126 valence electrons. The molecule has 1 N–H and O–H groups in total. The van der Waals surface area contributed by atoms with Crippen LogP contribution in [0.5, 0.6) is 0 Å². The van der Waals surface area contributed by atoms with Gasteiger partial charge in [0, 0.05) is 10.9 Å². The van der Waals surface area contributed by atoms with Gasteiger partial charge in [0.2, 0.25) is 0 Å². The molecule has 0 spiro atoms. The normalized spacial score (nSPS) is 10.4. The van der Waals surface area contributed by atoms with Crippen LogP contribution in [0.1, 0.15) is 16.7 Å². The smallest absolute Gasteiger partial charge is 0.310 e. The molecule has 2 heterocycles. The maximum atomic E-state index is 12.0. The third-order valence-corrected chi connectivity index (χ3v) is 4.38. The van der Waals surface area contributed by atoms with Crippen LogP contribution >= 0.6 is 11.3 Å². The first-order valence-corrected chi connectivity index (χ1v) is 8.34. The molecule has 3 aromatic rings. The molecule has 0 atom stereocenters. The van der Waals surface area contributed by atoms with Crippen molar-refractivity contribution in [2.24, 2.45) is 0 Å². The van der Waals surface area contributed by atoms with Gasteiger partial charge < -0.3 is 14.5 Å². The molecule has 2 aromatic heterocycles. The van der Waals surface area contributed by atoms with E-state index in [9.17, 15) is 9.59 Å². The molecule has 1 amide bonds. The first-order valence-electron chi connectivity index (χ1n) is 7.46. The summed E-state index contributed by atoms with van der Waals surface area (Å²) in [6.07, 6.45) is 1.54. The predicted octanol–water partition coefficient (Wildman–Crippen LogP) is 3.40. The number of nitriles is 1. The number of hydrogen-bond acceptors (Lipinski definition) is 6. The molecular weight excluding hydrogens is 340 g/mol. The maximum Gasteiger partial charge on any atom is 0.310 e. The van der Waals surface area contributed by atoms with Crippen molar-refractivity contribution in [3.05, 3.63) is 52.6 Å². The Morgan fingerprint density at radius 3 is 3.00 bits per heavy atom. The highest BCUT2D eigenvalue weighted by atomic mass is 32.1. The van der Waals surface area contributed by atoms with E-state index in [4.69, 9.17) is 14.4 Å². The van der Waals surface area contributed by atoms with E-state index in [1.807, 2.05) is 31.2 Å². The van der Waals surface area contributed by atoms with Gasteiger partial charge in [0.15, 0.2) is 6.61 Å². The van der Waals surface area contributed by atoms with Crippen LogP contribution in [0.15, 0.2) is 40.3 Å². The summed E-state index contributed by atoms with van der Waals surface area (Å²) in [4.78, 5) is 23.8. The van der Waals surface area contributed by atoms with Gasteiger partial charge in [-0.1, -0.05) is 12.1 Å². The van der Waals surface area contributed by atoms with E-state index in [0.717, 1.165) is 10.9 Å². The van der Waals surface area contributed by atoms with Crippen molar-refractivity contribution in [2.75, 3.05) is 11.9 Å². The van der Waals surface area contributed by atoms with Gasteiger partial charge in [-0.3, -0.25) is 9.59 Å². The van der Waals surface area contributed by atoms with Crippen LogP contribution in [0, 0.1) is 18.3 Å². The number of esters is 1. The van der Waals surface area contributed by atoms with Crippen LogP contribution in [0.4, 0.5) is 5.00 Å². The highest BCUT2D eigenvalue weighted by Crippen LogP contribution is 2.23. The number of hydrogen-bond donors (Lipinski definition) is 1. The summed E-state index contributed by atoms with van der Waals surface area (Å²) in [5, 5.41) is 14.4. The minimum absolute atomic E-state index is 0.0196. The third kappa shape index (κ3) is 3.87. The molecule has 0 aliphatic carbocycles. The molecular formula is C18H14N2O4S. The Kier molecular flexibility index (Phi) is 4.82. The minimum Gasteiger partial charge on any atom is -0.464 e. The predicted molar refractivity (Wildman–Crippen MR) is 93.3 cm³/mol. The highest BCUT2D eigenvalue weighted by Gasteiger charge is 2.14. The van der Waals surface area contributed by atoms with Gasteiger partial charge in [-0.25, -0.2) is 0 Å². The molecule has 0 bridgehead atoms. The summed E-state index contributed by atoms with van der Waals surface area (Å²) in [6.45, 7) is 1.55. The number of furan rings is 1. The first-order chi connectivity index (χ1) is 12.1. The van der Waals surface area contributed by atoms with Crippen molar-refractivity contribution >= 4 is 39.2 Å². The lowest BCUT2D eigenvalue weighted by Crippen LogP contribution is -2.21. The SMILES string of the molecule is Cc1ccc2c(CC(=O)OCC(=O)Nc3sccc3C#N)coc2c1. The van der Waals surface area contributed by atoms with Crippen LogP contribution in [0.2, 0.25) is 0 Å². The van der Waals surface area contributed by atoms with Crippen molar-refractivity contribution in [1.82, 2.24) is 0 Å². The van der Waals surface area contributed by atoms with Gasteiger partial charge in [-0.2, -0.15) is 5.26 Å². The fraction of sp³-hybridized carbons (Fsp3) is 0.167. The van der Waals surface area contributed by atoms with Gasteiger partial charge in [0.1, 0.15) is 16.7 Å². The fourth-order valence-electron chi connectivity index (χ4n) is 2.34. The molecule has 0 aliphatic rings. The molecule has 1 aromatic carbocycles. The average Bonchev–Trinajstić information content (AvgIpc) is 3.19. The summed E-state index contributed by atoms with van der Waals surface area (Å²) in [5.41, 5.74) is 2.87. The summed E-state index contributed by atoms with van der Waals surface area (Å²) in [5.74, 6) is -1.01. The number of amides is 1. The molecule has 0 unspecified atom stereocenters. The van der Waals surface area contributed by atoms with Crippen LogP contribution in [0.3, 0.4) is 0 Å². The zero-order valence-corrected chi connectivity index (χ0v) is 14.2. The summed E-state index contributed by atoms with van der Waals surface area (Å²) >= 11 is 1.24. The third-order valence-electron chi connectivity index (χ3n) is 3.55. The topological polar surface area (TPSA) is 92.3 Å². The fourth-order valence-corrected chi connectivity index (χ4v) is 3.09. The van der Waals surface area contributed by atoms with E-state index in [1.54, 1.807) is 11.4 Å². The Labute approximate surface area is 147 Å². The molecule has 6 nitrogen and oxygen atoms in total. The molecule has 3 rings (SSSR count). The average molecular weight is 354 g/mol. The zero-order valence-electron chi connectivity index (χ0n) is 13.4. The van der Waals surface area contributed by atoms with Gasteiger partial charge in [-0.15, -0.1) is 11.3 Å². The number of rotatable bonds is 5. The van der Waals surface area contributed by atoms with Crippen molar-refractivity contribution < 1.29 is 18.7 Å².